The van der Waals surface area contributed by atoms with Gasteiger partial charge in [-0.25, -0.2) is 0 Å². The molecule has 0 fully saturated rings. The summed E-state index contributed by atoms with van der Waals surface area (Å²) in [5.41, 5.74) is 0.908. The molecule has 0 spiro atoms. The monoisotopic (exact) mass is 312 g/mol. The van der Waals surface area contributed by atoms with Gasteiger partial charge >= 0.3 is 5.97 Å². The van der Waals surface area contributed by atoms with Gasteiger partial charge in [0.15, 0.2) is 0 Å². The fraction of sp³-hybridized carbons (Fsp3) is 0.357. The largest absolute Gasteiger partial charge is 0.465 e. The SMILES string of the molecule is CC(=N)CC(=O)OCCC(C#N)c1ccc(Cl)cc1Cl. The van der Waals surface area contributed by atoms with Gasteiger partial charge < -0.3 is 10.1 Å². The van der Waals surface area contributed by atoms with Crippen molar-refractivity contribution in [2.75, 3.05) is 6.61 Å². The first-order valence-electron chi connectivity index (χ1n) is 5.98. The zero-order valence-corrected chi connectivity index (χ0v) is 12.5. The fourth-order valence-corrected chi connectivity index (χ4v) is 2.17. The van der Waals surface area contributed by atoms with Crippen molar-refractivity contribution in [3.8, 4) is 6.07 Å². The second kappa shape index (κ2) is 7.88. The summed E-state index contributed by atoms with van der Waals surface area (Å²) >= 11 is 11.8. The van der Waals surface area contributed by atoms with Crippen LogP contribution in [-0.4, -0.2) is 18.3 Å². The number of hydrogen-bond donors (Lipinski definition) is 1. The van der Waals surface area contributed by atoms with E-state index in [0.29, 0.717) is 22.0 Å². The number of nitrogens with one attached hydrogen (secondary N) is 1. The summed E-state index contributed by atoms with van der Waals surface area (Å²) in [6.45, 7) is 1.65. The Labute approximate surface area is 127 Å². The van der Waals surface area contributed by atoms with Crippen molar-refractivity contribution in [3.05, 3.63) is 33.8 Å². The number of carbonyl (C=O) groups excluding carboxylic acids is 1. The summed E-state index contributed by atoms with van der Waals surface area (Å²) < 4.78 is 4.97. The lowest BCUT2D eigenvalue weighted by molar-refractivity contribution is -0.142. The molecule has 106 valence electrons. The lowest BCUT2D eigenvalue weighted by Gasteiger charge is -2.12. The van der Waals surface area contributed by atoms with Gasteiger partial charge in [-0.05, 0) is 24.6 Å². The first-order valence-corrected chi connectivity index (χ1v) is 6.74. The minimum Gasteiger partial charge on any atom is -0.465 e. The third-order valence-electron chi connectivity index (χ3n) is 2.57. The van der Waals surface area contributed by atoms with Crippen LogP contribution in [-0.2, 0) is 9.53 Å². The van der Waals surface area contributed by atoms with Crippen molar-refractivity contribution in [1.82, 2.24) is 0 Å². The Bertz CT molecular complexity index is 553. The van der Waals surface area contributed by atoms with E-state index in [1.54, 1.807) is 18.2 Å². The van der Waals surface area contributed by atoms with Crippen LogP contribution in [0.4, 0.5) is 0 Å². The Morgan fingerprint density at radius 3 is 2.75 bits per heavy atom. The summed E-state index contributed by atoms with van der Waals surface area (Å²) in [7, 11) is 0. The topological polar surface area (TPSA) is 73.9 Å². The van der Waals surface area contributed by atoms with Gasteiger partial charge in [-0.1, -0.05) is 29.3 Å². The smallest absolute Gasteiger partial charge is 0.311 e. The van der Waals surface area contributed by atoms with E-state index in [4.69, 9.17) is 38.6 Å². The number of nitriles is 1. The number of carbonyl (C=O) groups is 1. The van der Waals surface area contributed by atoms with Gasteiger partial charge in [0.1, 0.15) is 0 Å². The molecule has 0 aliphatic heterocycles. The number of esters is 1. The number of ether oxygens (including phenoxy) is 1. The second-order valence-corrected chi connectivity index (χ2v) is 5.16. The molecule has 0 aliphatic carbocycles. The molecule has 6 heteroatoms. The minimum absolute atomic E-state index is 0.0288. The van der Waals surface area contributed by atoms with Crippen molar-refractivity contribution in [2.45, 2.75) is 25.7 Å². The number of halogens is 2. The van der Waals surface area contributed by atoms with Crippen LogP contribution in [0.3, 0.4) is 0 Å². The van der Waals surface area contributed by atoms with Crippen LogP contribution in [0.2, 0.25) is 10.0 Å². The van der Waals surface area contributed by atoms with E-state index in [9.17, 15) is 4.79 Å². The van der Waals surface area contributed by atoms with Crippen LogP contribution in [0.1, 0.15) is 31.2 Å². The molecule has 0 radical (unpaired) electrons. The Balaban J connectivity index is 2.58. The van der Waals surface area contributed by atoms with Gasteiger partial charge in [0.25, 0.3) is 0 Å². The normalized spacial score (nSPS) is 11.5. The van der Waals surface area contributed by atoms with Gasteiger partial charge in [-0.15, -0.1) is 0 Å². The lowest BCUT2D eigenvalue weighted by Crippen LogP contribution is -2.11. The standard InChI is InChI=1S/C14H14Cl2N2O2/c1-9(18)6-14(19)20-5-4-10(8-17)12-3-2-11(15)7-13(12)16/h2-3,7,10,18H,4-6H2,1H3. The third kappa shape index (κ3) is 5.20. The van der Waals surface area contributed by atoms with E-state index in [2.05, 4.69) is 6.07 Å². The average molecular weight is 313 g/mol. The van der Waals surface area contributed by atoms with E-state index in [1.807, 2.05) is 0 Å². The fourth-order valence-electron chi connectivity index (χ4n) is 1.63. The summed E-state index contributed by atoms with van der Waals surface area (Å²) in [5, 5.41) is 17.3. The molecule has 0 bridgehead atoms. The average Bonchev–Trinajstić information content (AvgIpc) is 2.35. The summed E-state index contributed by atoms with van der Waals surface area (Å²) in [5.74, 6) is -0.926. The Kier molecular flexibility index (Phi) is 6.50. The molecule has 0 saturated carbocycles. The highest BCUT2D eigenvalue weighted by atomic mass is 35.5. The first-order chi connectivity index (χ1) is 9.43. The molecule has 0 aliphatic rings. The number of hydrogen-bond acceptors (Lipinski definition) is 4. The van der Waals surface area contributed by atoms with Crippen LogP contribution in [0.25, 0.3) is 0 Å². The zero-order chi connectivity index (χ0) is 15.1. The van der Waals surface area contributed by atoms with E-state index in [1.165, 1.54) is 6.92 Å². The Hall–Kier alpha value is -1.57. The van der Waals surface area contributed by atoms with E-state index in [0.717, 1.165) is 0 Å². The van der Waals surface area contributed by atoms with Crippen LogP contribution in [0.5, 0.6) is 0 Å². The molecule has 0 saturated heterocycles. The molecular formula is C14H14Cl2N2O2. The maximum absolute atomic E-state index is 11.3. The molecule has 1 aromatic carbocycles. The molecular weight excluding hydrogens is 299 g/mol. The summed E-state index contributed by atoms with van der Waals surface area (Å²) in [6.07, 6.45) is 0.319. The highest BCUT2D eigenvalue weighted by molar-refractivity contribution is 6.35. The van der Waals surface area contributed by atoms with E-state index < -0.39 is 11.9 Å². The predicted molar refractivity (Wildman–Crippen MR) is 78.4 cm³/mol. The predicted octanol–water partition coefficient (Wildman–Crippen LogP) is 3.96. The third-order valence-corrected chi connectivity index (χ3v) is 3.14. The molecule has 0 aromatic heterocycles. The minimum atomic E-state index is -0.464. The van der Waals surface area contributed by atoms with Crippen molar-refractivity contribution >= 4 is 34.9 Å². The molecule has 1 unspecified atom stereocenters. The van der Waals surface area contributed by atoms with Crippen LogP contribution >= 0.6 is 23.2 Å². The lowest BCUT2D eigenvalue weighted by atomic mass is 9.97. The second-order valence-electron chi connectivity index (χ2n) is 4.31. The quantitative estimate of drug-likeness (QED) is 0.638. The molecule has 20 heavy (non-hydrogen) atoms. The van der Waals surface area contributed by atoms with Gasteiger partial charge in [0, 0.05) is 22.2 Å². The van der Waals surface area contributed by atoms with Crippen molar-refractivity contribution in [3.63, 3.8) is 0 Å². The Morgan fingerprint density at radius 1 is 1.50 bits per heavy atom. The maximum Gasteiger partial charge on any atom is 0.311 e. The molecule has 0 amide bonds. The van der Waals surface area contributed by atoms with Crippen molar-refractivity contribution < 1.29 is 9.53 Å². The van der Waals surface area contributed by atoms with Crippen LogP contribution in [0.15, 0.2) is 18.2 Å². The molecule has 0 heterocycles. The van der Waals surface area contributed by atoms with Crippen LogP contribution < -0.4 is 0 Å². The summed E-state index contributed by atoms with van der Waals surface area (Å²) in [6, 6.07) is 7.07. The van der Waals surface area contributed by atoms with Gasteiger partial charge in [0.05, 0.1) is 25.0 Å². The maximum atomic E-state index is 11.3. The van der Waals surface area contributed by atoms with Gasteiger partial charge in [0.2, 0.25) is 0 Å². The summed E-state index contributed by atoms with van der Waals surface area (Å²) in [4.78, 5) is 11.3. The highest BCUT2D eigenvalue weighted by Crippen LogP contribution is 2.29. The van der Waals surface area contributed by atoms with E-state index >= 15 is 0 Å². The van der Waals surface area contributed by atoms with Gasteiger partial charge in [-0.2, -0.15) is 5.26 Å². The highest BCUT2D eigenvalue weighted by Gasteiger charge is 2.15. The Morgan fingerprint density at radius 2 is 2.20 bits per heavy atom. The number of benzene rings is 1. The number of nitrogens with zero attached hydrogens (tertiary/aromatic N) is 1. The molecule has 1 N–H and O–H groups in total. The zero-order valence-electron chi connectivity index (χ0n) is 11.0. The molecule has 1 aromatic rings. The molecule has 1 atom stereocenters. The molecule has 4 nitrogen and oxygen atoms in total. The van der Waals surface area contributed by atoms with E-state index in [-0.39, 0.29) is 18.7 Å². The molecule has 1 rings (SSSR count). The van der Waals surface area contributed by atoms with Crippen molar-refractivity contribution in [2.24, 2.45) is 0 Å². The van der Waals surface area contributed by atoms with Crippen LogP contribution in [0, 0.1) is 16.7 Å². The van der Waals surface area contributed by atoms with Gasteiger partial charge in [-0.3, -0.25) is 4.79 Å². The van der Waals surface area contributed by atoms with Crippen molar-refractivity contribution in [1.29, 1.82) is 10.7 Å². The first kappa shape index (κ1) is 16.5. The number of rotatable bonds is 6.